The quantitative estimate of drug-likeness (QED) is 0.545. The van der Waals surface area contributed by atoms with E-state index in [1.54, 1.807) is 0 Å². The van der Waals surface area contributed by atoms with Crippen LogP contribution in [0.2, 0.25) is 0 Å². The summed E-state index contributed by atoms with van der Waals surface area (Å²) in [5.74, 6) is 0. The molecular formula is C6H11NO4. The zero-order valence-electron chi connectivity index (χ0n) is 6.06. The van der Waals surface area contributed by atoms with Crippen molar-refractivity contribution in [3.63, 3.8) is 0 Å². The van der Waals surface area contributed by atoms with Gasteiger partial charge >= 0.3 is 6.09 Å². The highest BCUT2D eigenvalue weighted by atomic mass is 16.6. The van der Waals surface area contributed by atoms with Crippen LogP contribution in [0.3, 0.4) is 0 Å². The maximum Gasteiger partial charge on any atom is 0.410 e. The molecule has 1 atom stereocenters. The highest BCUT2D eigenvalue weighted by molar-refractivity contribution is 5.70. The van der Waals surface area contributed by atoms with E-state index in [0.717, 1.165) is 0 Å². The van der Waals surface area contributed by atoms with Crippen LogP contribution in [0.5, 0.6) is 0 Å². The number of carbonyl (C=O) groups is 1. The smallest absolute Gasteiger partial charge is 0.410 e. The molecule has 1 saturated heterocycles. The standard InChI is InChI=1S/C6H11NO4/c8-2-1-7-5(3-9)4-11-6(7)10/h5,8-9H,1-4H2. The van der Waals surface area contributed by atoms with E-state index in [1.165, 1.54) is 4.90 Å². The number of nitrogens with zero attached hydrogens (tertiary/aromatic N) is 1. The van der Waals surface area contributed by atoms with Crippen molar-refractivity contribution in [1.82, 2.24) is 4.90 Å². The van der Waals surface area contributed by atoms with Crippen LogP contribution < -0.4 is 0 Å². The Morgan fingerprint density at radius 2 is 2.36 bits per heavy atom. The molecule has 1 unspecified atom stereocenters. The molecule has 5 nitrogen and oxygen atoms in total. The van der Waals surface area contributed by atoms with Crippen LogP contribution in [0.4, 0.5) is 4.79 Å². The Hall–Kier alpha value is -0.810. The first-order valence-corrected chi connectivity index (χ1v) is 3.44. The molecule has 11 heavy (non-hydrogen) atoms. The van der Waals surface area contributed by atoms with Gasteiger partial charge in [0.15, 0.2) is 0 Å². The SMILES string of the molecule is O=C1OCC(CO)N1CCO. The summed E-state index contributed by atoms with van der Waals surface area (Å²) in [5.41, 5.74) is 0. The third-order valence-corrected chi connectivity index (χ3v) is 1.63. The van der Waals surface area contributed by atoms with E-state index < -0.39 is 6.09 Å². The molecule has 1 rings (SSSR count). The molecule has 0 radical (unpaired) electrons. The topological polar surface area (TPSA) is 70.0 Å². The molecule has 0 aliphatic carbocycles. The van der Waals surface area contributed by atoms with Crippen molar-refractivity contribution < 1.29 is 19.7 Å². The number of carbonyl (C=O) groups excluding carboxylic acids is 1. The van der Waals surface area contributed by atoms with Crippen molar-refractivity contribution >= 4 is 6.09 Å². The second-order valence-electron chi connectivity index (χ2n) is 2.33. The first-order chi connectivity index (χ1) is 5.29. The van der Waals surface area contributed by atoms with Crippen LogP contribution in [0.25, 0.3) is 0 Å². The highest BCUT2D eigenvalue weighted by Crippen LogP contribution is 2.10. The average molecular weight is 161 g/mol. The molecule has 1 amide bonds. The summed E-state index contributed by atoms with van der Waals surface area (Å²) in [6.45, 7) is 0.219. The van der Waals surface area contributed by atoms with Crippen LogP contribution in [0.1, 0.15) is 0 Å². The van der Waals surface area contributed by atoms with Gasteiger partial charge in [0, 0.05) is 6.54 Å². The molecule has 1 aliphatic rings. The van der Waals surface area contributed by atoms with Crippen molar-refractivity contribution in [1.29, 1.82) is 0 Å². The van der Waals surface area contributed by atoms with Crippen molar-refractivity contribution in [2.75, 3.05) is 26.4 Å². The van der Waals surface area contributed by atoms with Crippen LogP contribution in [0, 0.1) is 0 Å². The largest absolute Gasteiger partial charge is 0.447 e. The van der Waals surface area contributed by atoms with Crippen LogP contribution in [0.15, 0.2) is 0 Å². The van der Waals surface area contributed by atoms with Crippen molar-refractivity contribution in [2.45, 2.75) is 6.04 Å². The van der Waals surface area contributed by atoms with E-state index in [2.05, 4.69) is 4.74 Å². The second kappa shape index (κ2) is 3.54. The van der Waals surface area contributed by atoms with Gasteiger partial charge in [0.2, 0.25) is 0 Å². The fraction of sp³-hybridized carbons (Fsp3) is 0.833. The lowest BCUT2D eigenvalue weighted by atomic mass is 10.3. The Labute approximate surface area is 64.2 Å². The number of hydrogen-bond acceptors (Lipinski definition) is 4. The minimum Gasteiger partial charge on any atom is -0.447 e. The lowest BCUT2D eigenvalue weighted by molar-refractivity contribution is 0.139. The molecule has 0 aromatic heterocycles. The average Bonchev–Trinajstić information content (AvgIpc) is 2.34. The predicted molar refractivity (Wildman–Crippen MR) is 36.0 cm³/mol. The molecule has 0 aromatic rings. The molecule has 0 aromatic carbocycles. The van der Waals surface area contributed by atoms with Gasteiger partial charge in [-0.05, 0) is 0 Å². The minimum atomic E-state index is -0.460. The zero-order chi connectivity index (χ0) is 8.27. The van der Waals surface area contributed by atoms with Gasteiger partial charge < -0.3 is 14.9 Å². The van der Waals surface area contributed by atoms with Gasteiger partial charge in [-0.1, -0.05) is 0 Å². The summed E-state index contributed by atoms with van der Waals surface area (Å²) in [6, 6.07) is -0.283. The molecular weight excluding hydrogens is 150 g/mol. The van der Waals surface area contributed by atoms with E-state index in [9.17, 15) is 4.79 Å². The molecule has 1 heterocycles. The Balaban J connectivity index is 2.49. The van der Waals surface area contributed by atoms with Gasteiger partial charge in [-0.2, -0.15) is 0 Å². The number of amides is 1. The molecule has 0 spiro atoms. The summed E-state index contributed by atoms with van der Waals surface area (Å²) >= 11 is 0. The van der Waals surface area contributed by atoms with Crippen LogP contribution >= 0.6 is 0 Å². The van der Waals surface area contributed by atoms with Crippen molar-refractivity contribution in [2.24, 2.45) is 0 Å². The fourth-order valence-corrected chi connectivity index (χ4v) is 1.02. The minimum absolute atomic E-state index is 0.106. The maximum absolute atomic E-state index is 10.8. The first kappa shape index (κ1) is 8.29. The lowest BCUT2D eigenvalue weighted by Gasteiger charge is -2.17. The number of rotatable bonds is 3. The zero-order valence-corrected chi connectivity index (χ0v) is 6.06. The summed E-state index contributed by atoms with van der Waals surface area (Å²) in [5, 5.41) is 17.3. The number of ether oxygens (including phenoxy) is 1. The monoisotopic (exact) mass is 161 g/mol. The van der Waals surface area contributed by atoms with E-state index in [-0.39, 0.29) is 32.4 Å². The van der Waals surface area contributed by atoms with Gasteiger partial charge in [-0.25, -0.2) is 4.79 Å². The lowest BCUT2D eigenvalue weighted by Crippen LogP contribution is -2.37. The normalized spacial score (nSPS) is 24.0. The predicted octanol–water partition coefficient (Wildman–Crippen LogP) is -1.21. The number of hydrogen-bond donors (Lipinski definition) is 2. The Bertz CT molecular complexity index is 150. The Morgan fingerprint density at radius 3 is 2.91 bits per heavy atom. The van der Waals surface area contributed by atoms with Gasteiger partial charge in [-0.3, -0.25) is 4.90 Å². The van der Waals surface area contributed by atoms with Gasteiger partial charge in [0.1, 0.15) is 6.61 Å². The molecule has 0 saturated carbocycles. The first-order valence-electron chi connectivity index (χ1n) is 3.44. The molecule has 1 fully saturated rings. The number of aliphatic hydroxyl groups is 2. The van der Waals surface area contributed by atoms with Gasteiger partial charge in [0.25, 0.3) is 0 Å². The van der Waals surface area contributed by atoms with E-state index in [1.807, 2.05) is 0 Å². The Kier molecular flexibility index (Phi) is 2.67. The van der Waals surface area contributed by atoms with Gasteiger partial charge in [0.05, 0.1) is 19.3 Å². The molecule has 5 heteroatoms. The number of β-amino-alcohol motifs (C(OH)–C–C–N with tert-alkyl or cyclic N) is 1. The van der Waals surface area contributed by atoms with Crippen molar-refractivity contribution in [3.05, 3.63) is 0 Å². The number of cyclic esters (lactones) is 1. The maximum atomic E-state index is 10.8. The number of aliphatic hydroxyl groups excluding tert-OH is 2. The Morgan fingerprint density at radius 1 is 1.64 bits per heavy atom. The molecule has 0 bridgehead atoms. The van der Waals surface area contributed by atoms with Crippen molar-refractivity contribution in [3.8, 4) is 0 Å². The van der Waals surface area contributed by atoms with E-state index in [4.69, 9.17) is 10.2 Å². The molecule has 2 N–H and O–H groups in total. The molecule has 1 aliphatic heterocycles. The summed E-state index contributed by atoms with van der Waals surface area (Å²) in [7, 11) is 0. The van der Waals surface area contributed by atoms with Crippen LogP contribution in [-0.2, 0) is 4.74 Å². The van der Waals surface area contributed by atoms with E-state index in [0.29, 0.717) is 0 Å². The third-order valence-electron chi connectivity index (χ3n) is 1.63. The second-order valence-corrected chi connectivity index (χ2v) is 2.33. The summed E-state index contributed by atoms with van der Waals surface area (Å²) in [6.07, 6.45) is -0.460. The highest BCUT2D eigenvalue weighted by Gasteiger charge is 2.31. The van der Waals surface area contributed by atoms with Gasteiger partial charge in [-0.15, -0.1) is 0 Å². The van der Waals surface area contributed by atoms with E-state index >= 15 is 0 Å². The molecule has 64 valence electrons. The fourth-order valence-electron chi connectivity index (χ4n) is 1.02. The van der Waals surface area contributed by atoms with Crippen LogP contribution in [-0.4, -0.2) is 53.6 Å². The summed E-state index contributed by atoms with van der Waals surface area (Å²) < 4.78 is 4.64. The third kappa shape index (κ3) is 1.61. The summed E-state index contributed by atoms with van der Waals surface area (Å²) in [4.78, 5) is 12.1.